The van der Waals surface area contributed by atoms with Gasteiger partial charge in [0, 0.05) is 24.9 Å². The second-order valence-electron chi connectivity index (χ2n) is 5.61. The van der Waals surface area contributed by atoms with Gasteiger partial charge in [0.25, 0.3) is 5.69 Å². The lowest BCUT2D eigenvalue weighted by atomic mass is 9.97. The normalized spacial score (nSPS) is 10.6. The van der Waals surface area contributed by atoms with Crippen LogP contribution in [0.25, 0.3) is 0 Å². The smallest absolute Gasteiger partial charge is 0.269 e. The Labute approximate surface area is 141 Å². The summed E-state index contributed by atoms with van der Waals surface area (Å²) in [5, 5.41) is 10.9. The number of benzene rings is 3. The second-order valence-corrected chi connectivity index (χ2v) is 5.61. The molecule has 4 nitrogen and oxygen atoms in total. The average molecular weight is 318 g/mol. The van der Waals surface area contributed by atoms with Crippen molar-refractivity contribution in [1.29, 1.82) is 0 Å². The zero-order valence-corrected chi connectivity index (χ0v) is 13.4. The summed E-state index contributed by atoms with van der Waals surface area (Å²) < 4.78 is 0. The Kier molecular flexibility index (Phi) is 4.57. The number of rotatable bonds is 5. The SMILES string of the molecule is CN(c1ccc([N+](=O)[O-])cc1)C(c1ccccc1)c1ccccc1. The predicted octanol–water partition coefficient (Wildman–Crippen LogP) is 4.82. The fraction of sp³-hybridized carbons (Fsp3) is 0.100. The van der Waals surface area contributed by atoms with Crippen LogP contribution in [0.2, 0.25) is 0 Å². The number of hydrogen-bond donors (Lipinski definition) is 0. The van der Waals surface area contributed by atoms with Gasteiger partial charge in [-0.25, -0.2) is 0 Å². The van der Waals surface area contributed by atoms with Crippen molar-refractivity contribution < 1.29 is 4.92 Å². The summed E-state index contributed by atoms with van der Waals surface area (Å²) in [7, 11) is 2.01. The Morgan fingerprint density at radius 2 is 1.25 bits per heavy atom. The Morgan fingerprint density at radius 3 is 1.67 bits per heavy atom. The molecule has 0 aliphatic heterocycles. The van der Waals surface area contributed by atoms with E-state index in [0.717, 1.165) is 5.69 Å². The molecule has 0 N–H and O–H groups in total. The zero-order chi connectivity index (χ0) is 16.9. The number of anilines is 1. The maximum absolute atomic E-state index is 10.9. The average Bonchev–Trinajstić information content (AvgIpc) is 2.64. The summed E-state index contributed by atoms with van der Waals surface area (Å²) in [5.74, 6) is 0. The van der Waals surface area contributed by atoms with Gasteiger partial charge in [0.15, 0.2) is 0 Å². The molecule has 0 heterocycles. The molecule has 0 spiro atoms. The minimum atomic E-state index is -0.379. The molecule has 0 fully saturated rings. The van der Waals surface area contributed by atoms with E-state index in [0.29, 0.717) is 0 Å². The van der Waals surface area contributed by atoms with Crippen LogP contribution in [0.15, 0.2) is 84.9 Å². The highest BCUT2D eigenvalue weighted by Crippen LogP contribution is 2.32. The molecule has 0 saturated heterocycles. The minimum absolute atomic E-state index is 0.0360. The van der Waals surface area contributed by atoms with Gasteiger partial charge in [-0.05, 0) is 23.3 Å². The summed E-state index contributed by atoms with van der Waals surface area (Å²) in [6.45, 7) is 0. The van der Waals surface area contributed by atoms with Gasteiger partial charge in [-0.1, -0.05) is 60.7 Å². The monoisotopic (exact) mass is 318 g/mol. The second kappa shape index (κ2) is 6.96. The molecular formula is C20H18N2O2. The first-order valence-corrected chi connectivity index (χ1v) is 7.74. The maximum atomic E-state index is 10.9. The molecule has 0 aliphatic carbocycles. The number of nitrogens with zero attached hydrogens (tertiary/aromatic N) is 2. The van der Waals surface area contributed by atoms with Crippen molar-refractivity contribution in [3.63, 3.8) is 0 Å². The summed E-state index contributed by atoms with van der Waals surface area (Å²) in [5.41, 5.74) is 3.37. The Bertz CT molecular complexity index is 763. The number of nitro benzene ring substituents is 1. The standard InChI is InChI=1S/C20H18N2O2/c1-21(18-12-14-19(15-13-18)22(23)24)20(16-8-4-2-5-9-16)17-10-6-3-7-11-17/h2-15,20H,1H3. The van der Waals surface area contributed by atoms with Crippen LogP contribution in [0.4, 0.5) is 11.4 Å². The summed E-state index contributed by atoms with van der Waals surface area (Å²) >= 11 is 0. The number of hydrogen-bond acceptors (Lipinski definition) is 3. The van der Waals surface area contributed by atoms with Gasteiger partial charge in [0.05, 0.1) is 11.0 Å². The first-order valence-electron chi connectivity index (χ1n) is 7.74. The third-order valence-corrected chi connectivity index (χ3v) is 4.09. The summed E-state index contributed by atoms with van der Waals surface area (Å²) in [6, 6.07) is 27.2. The van der Waals surface area contributed by atoms with Crippen LogP contribution in [-0.2, 0) is 0 Å². The fourth-order valence-electron chi connectivity index (χ4n) is 2.87. The molecule has 0 amide bonds. The molecule has 0 unspecified atom stereocenters. The predicted molar refractivity (Wildman–Crippen MR) is 96.2 cm³/mol. The molecule has 3 aromatic rings. The van der Waals surface area contributed by atoms with Crippen LogP contribution >= 0.6 is 0 Å². The first-order chi connectivity index (χ1) is 11.7. The molecule has 0 radical (unpaired) electrons. The van der Waals surface area contributed by atoms with Crippen LogP contribution < -0.4 is 4.90 Å². The third kappa shape index (κ3) is 3.27. The molecule has 0 aliphatic rings. The van der Waals surface area contributed by atoms with Crippen LogP contribution in [0.3, 0.4) is 0 Å². The topological polar surface area (TPSA) is 46.4 Å². The highest BCUT2D eigenvalue weighted by Gasteiger charge is 2.20. The van der Waals surface area contributed by atoms with Crippen molar-refractivity contribution in [1.82, 2.24) is 0 Å². The van der Waals surface area contributed by atoms with Gasteiger partial charge in [0.2, 0.25) is 0 Å². The van der Waals surface area contributed by atoms with Crippen LogP contribution in [0.5, 0.6) is 0 Å². The molecule has 3 aromatic carbocycles. The van der Waals surface area contributed by atoms with E-state index in [1.54, 1.807) is 24.3 Å². The van der Waals surface area contributed by atoms with Crippen molar-refractivity contribution in [3.05, 3.63) is 106 Å². The lowest BCUT2D eigenvalue weighted by Crippen LogP contribution is -2.25. The van der Waals surface area contributed by atoms with Gasteiger partial charge >= 0.3 is 0 Å². The molecule has 24 heavy (non-hydrogen) atoms. The molecule has 3 rings (SSSR count). The van der Waals surface area contributed by atoms with Crippen molar-refractivity contribution in [2.24, 2.45) is 0 Å². The van der Waals surface area contributed by atoms with E-state index in [9.17, 15) is 10.1 Å². The maximum Gasteiger partial charge on any atom is 0.269 e. The molecule has 0 saturated carbocycles. The molecular weight excluding hydrogens is 300 g/mol. The van der Waals surface area contributed by atoms with E-state index in [4.69, 9.17) is 0 Å². The lowest BCUT2D eigenvalue weighted by molar-refractivity contribution is -0.384. The number of non-ortho nitro benzene ring substituents is 1. The van der Waals surface area contributed by atoms with E-state index in [1.165, 1.54) is 11.1 Å². The van der Waals surface area contributed by atoms with Gasteiger partial charge in [-0.2, -0.15) is 0 Å². The van der Waals surface area contributed by atoms with Gasteiger partial charge in [0.1, 0.15) is 0 Å². The Balaban J connectivity index is 2.00. The Morgan fingerprint density at radius 1 is 0.792 bits per heavy atom. The summed E-state index contributed by atoms with van der Waals surface area (Å²) in [4.78, 5) is 12.6. The van der Waals surface area contributed by atoms with Crippen LogP contribution in [0.1, 0.15) is 17.2 Å². The van der Waals surface area contributed by atoms with Crippen molar-refractivity contribution in [2.75, 3.05) is 11.9 Å². The minimum Gasteiger partial charge on any atom is -0.363 e. The van der Waals surface area contributed by atoms with E-state index in [1.807, 2.05) is 43.4 Å². The first kappa shape index (κ1) is 15.7. The quantitative estimate of drug-likeness (QED) is 0.500. The third-order valence-electron chi connectivity index (χ3n) is 4.09. The summed E-state index contributed by atoms with van der Waals surface area (Å²) in [6.07, 6.45) is 0. The van der Waals surface area contributed by atoms with Crippen molar-refractivity contribution >= 4 is 11.4 Å². The van der Waals surface area contributed by atoms with Crippen molar-refractivity contribution in [2.45, 2.75) is 6.04 Å². The highest BCUT2D eigenvalue weighted by atomic mass is 16.6. The largest absolute Gasteiger partial charge is 0.363 e. The van der Waals surface area contributed by atoms with Crippen molar-refractivity contribution in [3.8, 4) is 0 Å². The molecule has 0 bridgehead atoms. The zero-order valence-electron chi connectivity index (χ0n) is 13.4. The molecule has 0 atom stereocenters. The lowest BCUT2D eigenvalue weighted by Gasteiger charge is -2.31. The van der Waals surface area contributed by atoms with Crippen LogP contribution in [0, 0.1) is 10.1 Å². The molecule has 120 valence electrons. The van der Waals surface area contributed by atoms with Crippen LogP contribution in [-0.4, -0.2) is 12.0 Å². The molecule has 0 aromatic heterocycles. The fourth-order valence-corrected chi connectivity index (χ4v) is 2.87. The number of nitro groups is 1. The van der Waals surface area contributed by atoms with E-state index < -0.39 is 0 Å². The van der Waals surface area contributed by atoms with E-state index in [-0.39, 0.29) is 16.7 Å². The van der Waals surface area contributed by atoms with Gasteiger partial charge in [-0.3, -0.25) is 10.1 Å². The van der Waals surface area contributed by atoms with Gasteiger partial charge in [-0.15, -0.1) is 0 Å². The molecule has 4 heteroatoms. The van der Waals surface area contributed by atoms with E-state index in [2.05, 4.69) is 29.2 Å². The van der Waals surface area contributed by atoms with E-state index >= 15 is 0 Å². The highest BCUT2D eigenvalue weighted by molar-refractivity contribution is 5.54. The van der Waals surface area contributed by atoms with Gasteiger partial charge < -0.3 is 4.90 Å². The Hall–Kier alpha value is -3.14.